The molecule has 1 aromatic carbocycles. The topological polar surface area (TPSA) is 46.5 Å². The van der Waals surface area contributed by atoms with Gasteiger partial charge in [-0.3, -0.25) is 4.79 Å². The third kappa shape index (κ3) is 6.34. The number of hydrogen-bond donors (Lipinski definition) is 1. The molecule has 0 radical (unpaired) electrons. The van der Waals surface area contributed by atoms with Crippen LogP contribution in [0.15, 0.2) is 29.2 Å². The summed E-state index contributed by atoms with van der Waals surface area (Å²) in [4.78, 5) is 11.5. The predicted octanol–water partition coefficient (Wildman–Crippen LogP) is 2.83. The first-order valence-corrected chi connectivity index (χ1v) is 6.87. The maximum atomic E-state index is 10.3. The molecule has 0 saturated carbocycles. The summed E-state index contributed by atoms with van der Waals surface area (Å²) in [6.45, 7) is 2.00. The van der Waals surface area contributed by atoms with E-state index in [0.29, 0.717) is 0 Å². The molecule has 1 N–H and O–H groups in total. The Bertz CT molecular complexity index is 323. The fourth-order valence-corrected chi connectivity index (χ4v) is 1.84. The van der Waals surface area contributed by atoms with Crippen molar-refractivity contribution in [2.75, 3.05) is 19.5 Å². The number of rotatable bonds is 3. The van der Waals surface area contributed by atoms with Crippen LogP contribution in [0.3, 0.4) is 0 Å². The lowest BCUT2D eigenvalue weighted by molar-refractivity contribution is -0.136. The Hall–Kier alpha value is -1.00. The molecule has 0 unspecified atom stereocenters. The predicted molar refractivity (Wildman–Crippen MR) is 69.6 cm³/mol. The van der Waals surface area contributed by atoms with Crippen LogP contribution in [0.2, 0.25) is 0 Å². The fourth-order valence-electron chi connectivity index (χ4n) is 1.43. The Balaban J connectivity index is 0.000000239. The molecule has 17 heavy (non-hydrogen) atoms. The molecule has 4 heteroatoms. The smallest absolute Gasteiger partial charge is 0.307 e. The van der Waals surface area contributed by atoms with Crippen molar-refractivity contribution in [3.05, 3.63) is 29.8 Å². The monoisotopic (exact) mass is 254 g/mol. The molecule has 94 valence electrons. The summed E-state index contributed by atoms with van der Waals surface area (Å²) in [5.41, 5.74) is 0.848. The summed E-state index contributed by atoms with van der Waals surface area (Å²) in [5, 5.41) is 8.49. The molecule has 1 fully saturated rings. The second kappa shape index (κ2) is 8.14. The third-order valence-electron chi connectivity index (χ3n) is 2.34. The lowest BCUT2D eigenvalue weighted by Crippen LogP contribution is -1.99. The summed E-state index contributed by atoms with van der Waals surface area (Å²) in [6.07, 6.45) is 4.65. The van der Waals surface area contributed by atoms with Gasteiger partial charge < -0.3 is 9.84 Å². The summed E-state index contributed by atoms with van der Waals surface area (Å²) in [6, 6.07) is 7.56. The lowest BCUT2D eigenvalue weighted by atomic mass is 10.2. The van der Waals surface area contributed by atoms with Gasteiger partial charge in [0.15, 0.2) is 0 Å². The molecule has 2 rings (SSSR count). The first kappa shape index (κ1) is 14.1. The lowest BCUT2D eigenvalue weighted by Gasteiger charge is -1.98. The zero-order valence-corrected chi connectivity index (χ0v) is 10.8. The first-order valence-electron chi connectivity index (χ1n) is 5.65. The summed E-state index contributed by atoms with van der Waals surface area (Å²) >= 11 is 1.65. The van der Waals surface area contributed by atoms with Gasteiger partial charge in [-0.15, -0.1) is 11.8 Å². The molecule has 3 nitrogen and oxygen atoms in total. The number of ether oxygens (including phenoxy) is 1. The van der Waals surface area contributed by atoms with Crippen molar-refractivity contribution in [2.24, 2.45) is 0 Å². The van der Waals surface area contributed by atoms with Gasteiger partial charge in [-0.05, 0) is 36.8 Å². The van der Waals surface area contributed by atoms with Crippen molar-refractivity contribution in [3.8, 4) is 0 Å². The molecule has 0 aliphatic carbocycles. The van der Waals surface area contributed by atoms with E-state index in [0.717, 1.165) is 23.7 Å². The zero-order valence-electron chi connectivity index (χ0n) is 10.0. The largest absolute Gasteiger partial charge is 0.481 e. The van der Waals surface area contributed by atoms with Crippen LogP contribution in [0.4, 0.5) is 0 Å². The van der Waals surface area contributed by atoms with Gasteiger partial charge >= 0.3 is 5.97 Å². The second-order valence-corrected chi connectivity index (χ2v) is 4.62. The number of carboxylic acid groups (broad SMARTS) is 1. The number of aliphatic carboxylic acids is 1. The van der Waals surface area contributed by atoms with E-state index in [9.17, 15) is 4.79 Å². The molecule has 0 bridgehead atoms. The van der Waals surface area contributed by atoms with Crippen LogP contribution >= 0.6 is 11.8 Å². The molecule has 0 spiro atoms. The molecule has 1 aromatic rings. The van der Waals surface area contributed by atoms with Gasteiger partial charge in [0.2, 0.25) is 0 Å². The van der Waals surface area contributed by atoms with Gasteiger partial charge in [-0.25, -0.2) is 0 Å². The number of carboxylic acids is 1. The molecule has 1 saturated heterocycles. The molecule has 0 aromatic heterocycles. The Kier molecular flexibility index (Phi) is 6.74. The Morgan fingerprint density at radius 3 is 2.24 bits per heavy atom. The minimum absolute atomic E-state index is 0.106. The molecule has 0 amide bonds. The first-order chi connectivity index (χ1) is 8.22. The maximum Gasteiger partial charge on any atom is 0.307 e. The van der Waals surface area contributed by atoms with E-state index in [1.165, 1.54) is 12.8 Å². The van der Waals surface area contributed by atoms with Crippen LogP contribution in [0.1, 0.15) is 18.4 Å². The third-order valence-corrected chi connectivity index (χ3v) is 3.09. The van der Waals surface area contributed by atoms with Gasteiger partial charge in [-0.1, -0.05) is 12.1 Å². The summed E-state index contributed by atoms with van der Waals surface area (Å²) in [5.74, 6) is -0.785. The van der Waals surface area contributed by atoms with Gasteiger partial charge in [0.05, 0.1) is 6.42 Å². The van der Waals surface area contributed by atoms with E-state index >= 15 is 0 Å². The Morgan fingerprint density at radius 1 is 1.29 bits per heavy atom. The maximum absolute atomic E-state index is 10.3. The standard InChI is InChI=1S/C9H10O2S.C4H8O/c1-12-8-4-2-7(3-5-8)6-9(10)11;1-2-4-5-3-1/h2-5H,6H2,1H3,(H,10,11);1-4H2. The fraction of sp³-hybridized carbons (Fsp3) is 0.462. The Morgan fingerprint density at radius 2 is 1.88 bits per heavy atom. The summed E-state index contributed by atoms with van der Waals surface area (Å²) < 4.78 is 4.94. The molecule has 1 aliphatic rings. The highest BCUT2D eigenvalue weighted by atomic mass is 32.2. The van der Waals surface area contributed by atoms with E-state index in [4.69, 9.17) is 9.84 Å². The van der Waals surface area contributed by atoms with E-state index in [-0.39, 0.29) is 6.42 Å². The SMILES string of the molecule is C1CCOC1.CSc1ccc(CC(=O)O)cc1. The van der Waals surface area contributed by atoms with Crippen molar-refractivity contribution in [3.63, 3.8) is 0 Å². The van der Waals surface area contributed by atoms with Crippen molar-refractivity contribution >= 4 is 17.7 Å². The van der Waals surface area contributed by atoms with E-state index in [1.54, 1.807) is 11.8 Å². The van der Waals surface area contributed by atoms with Crippen LogP contribution in [0.25, 0.3) is 0 Å². The van der Waals surface area contributed by atoms with Crippen LogP contribution in [0, 0.1) is 0 Å². The highest BCUT2D eigenvalue weighted by molar-refractivity contribution is 7.98. The van der Waals surface area contributed by atoms with Crippen LogP contribution in [0.5, 0.6) is 0 Å². The average molecular weight is 254 g/mol. The minimum atomic E-state index is -0.785. The van der Waals surface area contributed by atoms with Gasteiger partial charge in [0.25, 0.3) is 0 Å². The van der Waals surface area contributed by atoms with Gasteiger partial charge in [0, 0.05) is 18.1 Å². The minimum Gasteiger partial charge on any atom is -0.481 e. The zero-order chi connectivity index (χ0) is 12.5. The molecule has 0 atom stereocenters. The highest BCUT2D eigenvalue weighted by Gasteiger charge is 1.99. The Labute approximate surface area is 106 Å². The van der Waals surface area contributed by atoms with Gasteiger partial charge in [0.1, 0.15) is 0 Å². The average Bonchev–Trinajstić information content (AvgIpc) is 2.88. The van der Waals surface area contributed by atoms with Crippen LogP contribution in [-0.2, 0) is 16.0 Å². The second-order valence-electron chi connectivity index (χ2n) is 3.74. The molecule has 1 heterocycles. The van der Waals surface area contributed by atoms with Crippen molar-refractivity contribution in [1.82, 2.24) is 0 Å². The number of hydrogen-bond acceptors (Lipinski definition) is 3. The quantitative estimate of drug-likeness (QED) is 0.843. The molecular weight excluding hydrogens is 236 g/mol. The number of benzene rings is 1. The van der Waals surface area contributed by atoms with E-state index in [2.05, 4.69) is 0 Å². The van der Waals surface area contributed by atoms with Crippen molar-refractivity contribution in [1.29, 1.82) is 0 Å². The van der Waals surface area contributed by atoms with Crippen molar-refractivity contribution < 1.29 is 14.6 Å². The van der Waals surface area contributed by atoms with E-state index < -0.39 is 5.97 Å². The van der Waals surface area contributed by atoms with E-state index in [1.807, 2.05) is 30.5 Å². The number of thioether (sulfide) groups is 1. The normalized spacial score (nSPS) is 13.9. The van der Waals surface area contributed by atoms with Gasteiger partial charge in [-0.2, -0.15) is 0 Å². The number of carbonyl (C=O) groups is 1. The molecule has 1 aliphatic heterocycles. The molecular formula is C13H18O3S. The van der Waals surface area contributed by atoms with Crippen molar-refractivity contribution in [2.45, 2.75) is 24.2 Å². The van der Waals surface area contributed by atoms with Crippen LogP contribution in [-0.4, -0.2) is 30.5 Å². The highest BCUT2D eigenvalue weighted by Crippen LogP contribution is 2.14. The summed E-state index contributed by atoms with van der Waals surface area (Å²) in [7, 11) is 0. The van der Waals surface area contributed by atoms with Crippen LogP contribution < -0.4 is 0 Å².